The van der Waals surface area contributed by atoms with Gasteiger partial charge >= 0.3 is 0 Å². The molecule has 0 aliphatic heterocycles. The molecule has 0 aromatic heterocycles. The van der Waals surface area contributed by atoms with Gasteiger partial charge < -0.3 is 19.9 Å². The fourth-order valence-corrected chi connectivity index (χ4v) is 2.40. The summed E-state index contributed by atoms with van der Waals surface area (Å²) in [5, 5.41) is 0. The van der Waals surface area contributed by atoms with E-state index in [0.29, 0.717) is 32.2 Å². The maximum absolute atomic E-state index is 11.7. The van der Waals surface area contributed by atoms with Crippen LogP contribution in [0.4, 0.5) is 5.69 Å². The highest BCUT2D eigenvalue weighted by atomic mass is 32.2. The predicted molar refractivity (Wildman–Crippen MR) is 79.9 cm³/mol. The second-order valence-corrected chi connectivity index (χ2v) is 6.07. The first kappa shape index (κ1) is 17.7. The van der Waals surface area contributed by atoms with Crippen LogP contribution in [0, 0.1) is 0 Å². The molecule has 0 saturated heterocycles. The number of anilines is 1. The molecule has 0 radical (unpaired) electrons. The first-order chi connectivity index (χ1) is 10.0. The number of nitrogen functional groups attached to an aromatic ring is 1. The number of hydrogen-bond donors (Lipinski definition) is 2. The van der Waals surface area contributed by atoms with Crippen molar-refractivity contribution in [2.45, 2.75) is 11.3 Å². The van der Waals surface area contributed by atoms with Gasteiger partial charge in [-0.3, -0.25) is 0 Å². The summed E-state index contributed by atoms with van der Waals surface area (Å²) in [6, 6.07) is 4.49. The van der Waals surface area contributed by atoms with E-state index in [2.05, 4.69) is 4.72 Å². The van der Waals surface area contributed by atoms with Gasteiger partial charge in [0.2, 0.25) is 10.0 Å². The molecule has 1 aromatic rings. The molecule has 0 unspecified atom stereocenters. The zero-order chi connectivity index (χ0) is 15.7. The lowest BCUT2D eigenvalue weighted by Crippen LogP contribution is -2.19. The molecule has 21 heavy (non-hydrogen) atoms. The lowest BCUT2D eigenvalue weighted by molar-refractivity contribution is 0.0644. The molecule has 0 amide bonds. The number of hydrogen-bond acceptors (Lipinski definition) is 6. The molecule has 0 atom stereocenters. The van der Waals surface area contributed by atoms with Crippen LogP contribution in [0.15, 0.2) is 23.1 Å². The summed E-state index contributed by atoms with van der Waals surface area (Å²) >= 11 is 0. The zero-order valence-corrected chi connectivity index (χ0v) is 13.1. The SMILES string of the molecule is CNS(=O)(=O)c1ccc(OCCCOCCOC)cc1N. The maximum Gasteiger partial charge on any atom is 0.242 e. The average molecular weight is 318 g/mol. The monoisotopic (exact) mass is 318 g/mol. The molecule has 0 saturated carbocycles. The summed E-state index contributed by atoms with van der Waals surface area (Å²) in [7, 11) is -0.590. The molecule has 120 valence electrons. The number of nitrogens with one attached hydrogen (secondary N) is 1. The Balaban J connectivity index is 2.43. The van der Waals surface area contributed by atoms with E-state index >= 15 is 0 Å². The molecule has 3 N–H and O–H groups in total. The Labute approximate surface area is 125 Å². The van der Waals surface area contributed by atoms with Crippen molar-refractivity contribution in [2.24, 2.45) is 0 Å². The molecule has 0 heterocycles. The Morgan fingerprint density at radius 1 is 1.19 bits per heavy atom. The van der Waals surface area contributed by atoms with Gasteiger partial charge in [-0.1, -0.05) is 0 Å². The number of sulfonamides is 1. The van der Waals surface area contributed by atoms with Crippen LogP contribution in [0.25, 0.3) is 0 Å². The van der Waals surface area contributed by atoms with Crippen LogP contribution in [0.5, 0.6) is 5.75 Å². The third-order valence-corrected chi connectivity index (χ3v) is 4.16. The maximum atomic E-state index is 11.7. The van der Waals surface area contributed by atoms with Gasteiger partial charge in [0.1, 0.15) is 10.6 Å². The van der Waals surface area contributed by atoms with Crippen molar-refractivity contribution in [3.05, 3.63) is 18.2 Å². The number of methoxy groups -OCH3 is 1. The topological polar surface area (TPSA) is 99.9 Å². The highest BCUT2D eigenvalue weighted by molar-refractivity contribution is 7.89. The van der Waals surface area contributed by atoms with Crippen molar-refractivity contribution >= 4 is 15.7 Å². The molecule has 0 bridgehead atoms. The van der Waals surface area contributed by atoms with E-state index in [9.17, 15) is 8.42 Å². The normalized spacial score (nSPS) is 11.5. The summed E-state index contributed by atoms with van der Waals surface area (Å²) < 4.78 is 41.2. The van der Waals surface area contributed by atoms with Crippen LogP contribution in [0.2, 0.25) is 0 Å². The Hall–Kier alpha value is -1.35. The van der Waals surface area contributed by atoms with Crippen LogP contribution in [-0.4, -0.2) is 49.0 Å². The van der Waals surface area contributed by atoms with Crippen molar-refractivity contribution in [3.8, 4) is 5.75 Å². The largest absolute Gasteiger partial charge is 0.493 e. The molecular weight excluding hydrogens is 296 g/mol. The van der Waals surface area contributed by atoms with E-state index in [1.807, 2.05) is 0 Å². The summed E-state index contributed by atoms with van der Waals surface area (Å²) in [5.41, 5.74) is 5.88. The Kier molecular flexibility index (Phi) is 7.44. The molecule has 1 rings (SSSR count). The summed E-state index contributed by atoms with van der Waals surface area (Å²) in [6.07, 6.45) is 0.722. The van der Waals surface area contributed by atoms with Gasteiger partial charge in [-0.15, -0.1) is 0 Å². The molecule has 8 heteroatoms. The van der Waals surface area contributed by atoms with Crippen molar-refractivity contribution < 1.29 is 22.6 Å². The zero-order valence-electron chi connectivity index (χ0n) is 12.3. The van der Waals surface area contributed by atoms with Crippen molar-refractivity contribution in [1.29, 1.82) is 0 Å². The highest BCUT2D eigenvalue weighted by Gasteiger charge is 2.15. The second-order valence-electron chi connectivity index (χ2n) is 4.21. The molecule has 0 fully saturated rings. The van der Waals surface area contributed by atoms with Crippen molar-refractivity contribution in [3.63, 3.8) is 0 Å². The van der Waals surface area contributed by atoms with Crippen LogP contribution in [0.3, 0.4) is 0 Å². The smallest absolute Gasteiger partial charge is 0.242 e. The van der Waals surface area contributed by atoms with Gasteiger partial charge in [-0.25, -0.2) is 13.1 Å². The second kappa shape index (κ2) is 8.83. The van der Waals surface area contributed by atoms with E-state index in [1.54, 1.807) is 13.2 Å². The molecule has 7 nitrogen and oxygen atoms in total. The molecule has 0 aliphatic carbocycles. The molecule has 0 aliphatic rings. The van der Waals surface area contributed by atoms with E-state index < -0.39 is 10.0 Å². The van der Waals surface area contributed by atoms with Crippen LogP contribution < -0.4 is 15.2 Å². The Bertz CT molecular complexity index is 533. The van der Waals surface area contributed by atoms with Gasteiger partial charge in [0.15, 0.2) is 0 Å². The Morgan fingerprint density at radius 3 is 2.57 bits per heavy atom. The minimum Gasteiger partial charge on any atom is -0.493 e. The van der Waals surface area contributed by atoms with Crippen molar-refractivity contribution in [1.82, 2.24) is 4.72 Å². The third kappa shape index (κ3) is 5.88. The Morgan fingerprint density at radius 2 is 1.95 bits per heavy atom. The van der Waals surface area contributed by atoms with Gasteiger partial charge in [0.25, 0.3) is 0 Å². The quantitative estimate of drug-likeness (QED) is 0.484. The fourth-order valence-electron chi connectivity index (χ4n) is 1.57. The molecule has 0 spiro atoms. The van der Waals surface area contributed by atoms with Crippen molar-refractivity contribution in [2.75, 3.05) is 46.3 Å². The van der Waals surface area contributed by atoms with E-state index in [-0.39, 0.29) is 10.6 Å². The van der Waals surface area contributed by atoms with E-state index in [0.717, 1.165) is 6.42 Å². The van der Waals surface area contributed by atoms with Crippen LogP contribution in [0.1, 0.15) is 6.42 Å². The summed E-state index contributed by atoms with van der Waals surface area (Å²) in [4.78, 5) is 0.0419. The number of rotatable bonds is 10. The number of nitrogens with two attached hydrogens (primary N) is 1. The standard InChI is InChI=1S/C13H22N2O5S/c1-15-21(16,17)13-5-4-11(10-12(13)14)20-7-3-6-19-9-8-18-2/h4-5,10,15H,3,6-9,14H2,1-2H3. The fraction of sp³-hybridized carbons (Fsp3) is 0.538. The van der Waals surface area contributed by atoms with E-state index in [1.165, 1.54) is 19.2 Å². The minimum atomic E-state index is -3.55. The highest BCUT2D eigenvalue weighted by Crippen LogP contribution is 2.23. The first-order valence-electron chi connectivity index (χ1n) is 6.54. The first-order valence-corrected chi connectivity index (χ1v) is 8.02. The number of benzene rings is 1. The number of ether oxygens (including phenoxy) is 3. The lowest BCUT2D eigenvalue weighted by atomic mass is 10.3. The molecular formula is C13H22N2O5S. The van der Waals surface area contributed by atoms with Crippen LogP contribution in [-0.2, 0) is 19.5 Å². The van der Waals surface area contributed by atoms with Gasteiger partial charge in [0, 0.05) is 26.2 Å². The summed E-state index contributed by atoms with van der Waals surface area (Å²) in [5.74, 6) is 0.527. The van der Waals surface area contributed by atoms with Gasteiger partial charge in [-0.05, 0) is 19.2 Å². The van der Waals surface area contributed by atoms with Gasteiger partial charge in [-0.2, -0.15) is 0 Å². The predicted octanol–water partition coefficient (Wildman–Crippen LogP) is 0.609. The van der Waals surface area contributed by atoms with Gasteiger partial charge in [0.05, 0.1) is 25.5 Å². The lowest BCUT2D eigenvalue weighted by Gasteiger charge is -2.10. The summed E-state index contributed by atoms with van der Waals surface area (Å²) in [6.45, 7) is 2.16. The molecule has 1 aromatic carbocycles. The average Bonchev–Trinajstić information content (AvgIpc) is 2.46. The minimum absolute atomic E-state index is 0.0419. The van der Waals surface area contributed by atoms with E-state index in [4.69, 9.17) is 19.9 Å². The van der Waals surface area contributed by atoms with Crippen LogP contribution >= 0.6 is 0 Å². The third-order valence-electron chi connectivity index (χ3n) is 2.67.